The maximum Gasteiger partial charge on any atom is 0.303 e. The van der Waals surface area contributed by atoms with Crippen LogP contribution in [0.25, 0.3) is 0 Å². The number of para-hydroxylation sites is 2. The molecule has 1 heterocycles. The first-order chi connectivity index (χ1) is 9.08. The molecule has 0 spiro atoms. The minimum atomic E-state index is -0.894. The van der Waals surface area contributed by atoms with Crippen LogP contribution in [0.15, 0.2) is 24.3 Å². The van der Waals surface area contributed by atoms with E-state index in [0.29, 0.717) is 12.1 Å². The van der Waals surface area contributed by atoms with Crippen LogP contribution in [-0.2, 0) is 14.3 Å². The average Bonchev–Trinajstić information content (AvgIpc) is 2.38. The highest BCUT2D eigenvalue weighted by Gasteiger charge is 2.28. The van der Waals surface area contributed by atoms with E-state index in [1.807, 2.05) is 0 Å². The van der Waals surface area contributed by atoms with Crippen LogP contribution in [0.5, 0.6) is 5.75 Å². The summed E-state index contributed by atoms with van der Waals surface area (Å²) in [4.78, 5) is 23.8. The minimum absolute atomic E-state index is 0.00648. The third kappa shape index (κ3) is 3.23. The number of carbonyl (C=O) groups is 2. The number of amides is 1. The highest BCUT2D eigenvalue weighted by Crippen LogP contribution is 2.28. The van der Waals surface area contributed by atoms with Crippen LogP contribution in [0.1, 0.15) is 12.8 Å². The van der Waals surface area contributed by atoms with E-state index in [2.05, 4.69) is 0 Å². The normalized spacial score (nSPS) is 19.5. The van der Waals surface area contributed by atoms with Crippen LogP contribution in [0.2, 0.25) is 0 Å². The monoisotopic (exact) mass is 265 g/mol. The first kappa shape index (κ1) is 13.4. The lowest BCUT2D eigenvalue weighted by atomic mass is 10.1. The van der Waals surface area contributed by atoms with Gasteiger partial charge in [-0.3, -0.25) is 9.59 Å². The quantitative estimate of drug-likeness (QED) is 0.847. The third-order valence-corrected chi connectivity index (χ3v) is 2.98. The number of carbonyl (C=O) groups excluding carboxylic acids is 1. The summed E-state index contributed by atoms with van der Waals surface area (Å²) in [7, 11) is 0. The van der Waals surface area contributed by atoms with Crippen molar-refractivity contribution in [1.29, 1.82) is 0 Å². The second kappa shape index (κ2) is 5.71. The molecule has 1 amide bonds. The zero-order chi connectivity index (χ0) is 13.8. The summed E-state index contributed by atoms with van der Waals surface area (Å²) in [5, 5.41) is 18.4. The first-order valence-electron chi connectivity index (χ1n) is 5.99. The Labute approximate surface area is 110 Å². The number of hydrogen-bond acceptors (Lipinski definition) is 4. The molecule has 1 aliphatic heterocycles. The molecule has 0 aliphatic carbocycles. The third-order valence-electron chi connectivity index (χ3n) is 2.98. The van der Waals surface area contributed by atoms with Crippen LogP contribution in [0, 0.1) is 0 Å². The van der Waals surface area contributed by atoms with Gasteiger partial charge in [-0.15, -0.1) is 0 Å². The molecular formula is C13H15NO5. The first-order valence-corrected chi connectivity index (χ1v) is 5.99. The molecule has 1 aromatic rings. The second-order valence-corrected chi connectivity index (χ2v) is 4.36. The number of morpholine rings is 1. The van der Waals surface area contributed by atoms with Crippen molar-refractivity contribution >= 4 is 17.6 Å². The van der Waals surface area contributed by atoms with Crippen molar-refractivity contribution in [2.45, 2.75) is 18.9 Å². The second-order valence-electron chi connectivity index (χ2n) is 4.36. The van der Waals surface area contributed by atoms with Gasteiger partial charge in [-0.2, -0.15) is 0 Å². The van der Waals surface area contributed by atoms with Crippen LogP contribution in [0.3, 0.4) is 0 Å². The number of rotatable bonds is 4. The lowest BCUT2D eigenvalue weighted by Gasteiger charge is -2.32. The van der Waals surface area contributed by atoms with Gasteiger partial charge in [0.05, 0.1) is 18.3 Å². The highest BCUT2D eigenvalue weighted by molar-refractivity contribution is 5.96. The molecule has 2 rings (SSSR count). The van der Waals surface area contributed by atoms with Gasteiger partial charge in [0.2, 0.25) is 0 Å². The van der Waals surface area contributed by atoms with Gasteiger partial charge in [0.1, 0.15) is 12.4 Å². The van der Waals surface area contributed by atoms with Gasteiger partial charge in [-0.1, -0.05) is 12.1 Å². The van der Waals surface area contributed by atoms with Crippen molar-refractivity contribution in [3.63, 3.8) is 0 Å². The predicted molar refractivity (Wildman–Crippen MR) is 67.1 cm³/mol. The number of carboxylic acid groups (broad SMARTS) is 1. The van der Waals surface area contributed by atoms with Crippen molar-refractivity contribution in [1.82, 2.24) is 0 Å². The molecule has 0 saturated carbocycles. The topological polar surface area (TPSA) is 87.1 Å². The molecule has 19 heavy (non-hydrogen) atoms. The number of benzene rings is 1. The van der Waals surface area contributed by atoms with Crippen LogP contribution in [-0.4, -0.2) is 41.3 Å². The Morgan fingerprint density at radius 3 is 2.84 bits per heavy atom. The number of ether oxygens (including phenoxy) is 1. The fraction of sp³-hybridized carbons (Fsp3) is 0.385. The maximum atomic E-state index is 11.8. The summed E-state index contributed by atoms with van der Waals surface area (Å²) < 4.78 is 5.30. The van der Waals surface area contributed by atoms with Crippen molar-refractivity contribution in [3.05, 3.63) is 24.3 Å². The number of anilines is 1. The smallest absolute Gasteiger partial charge is 0.303 e. The largest absolute Gasteiger partial charge is 0.506 e. The lowest BCUT2D eigenvalue weighted by Crippen LogP contribution is -2.47. The summed E-state index contributed by atoms with van der Waals surface area (Å²) in [6.45, 7) is 0.155. The summed E-state index contributed by atoms with van der Waals surface area (Å²) in [6, 6.07) is 6.55. The molecule has 1 saturated heterocycles. The Kier molecular flexibility index (Phi) is 4.01. The fourth-order valence-corrected chi connectivity index (χ4v) is 2.01. The average molecular weight is 265 g/mol. The van der Waals surface area contributed by atoms with Gasteiger partial charge in [-0.05, 0) is 18.6 Å². The molecule has 0 bridgehead atoms. The Hall–Kier alpha value is -2.08. The number of nitrogens with zero attached hydrogens (tertiary/aromatic N) is 1. The van der Waals surface area contributed by atoms with E-state index >= 15 is 0 Å². The fourth-order valence-electron chi connectivity index (χ4n) is 2.01. The molecule has 2 N–H and O–H groups in total. The summed E-state index contributed by atoms with van der Waals surface area (Å²) in [6.07, 6.45) is 0.00796. The van der Waals surface area contributed by atoms with Crippen molar-refractivity contribution in [2.24, 2.45) is 0 Å². The van der Waals surface area contributed by atoms with E-state index in [1.54, 1.807) is 18.2 Å². The molecule has 1 aliphatic rings. The van der Waals surface area contributed by atoms with Gasteiger partial charge in [0.25, 0.3) is 5.91 Å². The molecular weight excluding hydrogens is 250 g/mol. The highest BCUT2D eigenvalue weighted by atomic mass is 16.5. The van der Waals surface area contributed by atoms with E-state index in [9.17, 15) is 14.7 Å². The number of aliphatic carboxylic acids is 1. The van der Waals surface area contributed by atoms with Crippen LogP contribution >= 0.6 is 0 Å². The number of aromatic hydroxyl groups is 1. The molecule has 0 radical (unpaired) electrons. The van der Waals surface area contributed by atoms with Crippen molar-refractivity contribution in [2.75, 3.05) is 18.1 Å². The summed E-state index contributed by atoms with van der Waals surface area (Å²) in [5.74, 6) is -1.11. The molecule has 102 valence electrons. The molecule has 1 unspecified atom stereocenters. The van der Waals surface area contributed by atoms with E-state index < -0.39 is 5.97 Å². The number of phenolic OH excluding ortho intramolecular Hbond substituents is 1. The van der Waals surface area contributed by atoms with Crippen molar-refractivity contribution in [3.8, 4) is 5.75 Å². The molecule has 6 heteroatoms. The number of hydrogen-bond donors (Lipinski definition) is 2. The summed E-state index contributed by atoms with van der Waals surface area (Å²) in [5.41, 5.74) is 0.427. The SMILES string of the molecule is O=C(O)CCC1CN(c2ccccc2O)C(=O)CO1. The van der Waals surface area contributed by atoms with Gasteiger partial charge in [-0.25, -0.2) is 0 Å². The summed E-state index contributed by atoms with van der Waals surface area (Å²) >= 11 is 0. The Morgan fingerprint density at radius 1 is 1.42 bits per heavy atom. The molecule has 0 aromatic heterocycles. The Balaban J connectivity index is 2.09. The zero-order valence-corrected chi connectivity index (χ0v) is 10.3. The predicted octanol–water partition coefficient (Wildman–Crippen LogP) is 0.989. The maximum absolute atomic E-state index is 11.8. The number of phenols is 1. The van der Waals surface area contributed by atoms with E-state index in [1.165, 1.54) is 11.0 Å². The Bertz CT molecular complexity index is 488. The molecule has 6 nitrogen and oxygen atoms in total. The van der Waals surface area contributed by atoms with E-state index in [4.69, 9.17) is 9.84 Å². The van der Waals surface area contributed by atoms with Crippen molar-refractivity contribution < 1.29 is 24.5 Å². The number of carboxylic acids is 1. The van der Waals surface area contributed by atoms with E-state index in [-0.39, 0.29) is 37.3 Å². The molecule has 1 aromatic carbocycles. The Morgan fingerprint density at radius 2 is 2.16 bits per heavy atom. The minimum Gasteiger partial charge on any atom is -0.506 e. The molecule has 1 fully saturated rings. The van der Waals surface area contributed by atoms with Gasteiger partial charge in [0.15, 0.2) is 0 Å². The van der Waals surface area contributed by atoms with Crippen LogP contribution < -0.4 is 4.90 Å². The standard InChI is InChI=1S/C13H15NO5/c15-11-4-2-1-3-10(11)14-7-9(5-6-13(17)18)19-8-12(14)16/h1-4,9,15H,5-8H2,(H,17,18). The lowest BCUT2D eigenvalue weighted by molar-refractivity contribution is -0.138. The van der Waals surface area contributed by atoms with Gasteiger partial charge < -0.3 is 19.8 Å². The van der Waals surface area contributed by atoms with Crippen LogP contribution in [0.4, 0.5) is 5.69 Å². The van der Waals surface area contributed by atoms with Gasteiger partial charge >= 0.3 is 5.97 Å². The van der Waals surface area contributed by atoms with E-state index in [0.717, 1.165) is 0 Å². The zero-order valence-electron chi connectivity index (χ0n) is 10.3. The van der Waals surface area contributed by atoms with Gasteiger partial charge in [0, 0.05) is 6.42 Å². The molecule has 1 atom stereocenters.